The molecule has 1 aromatic rings. The molecule has 17 heavy (non-hydrogen) atoms. The molecular weight excluding hydrogens is 218 g/mol. The zero-order chi connectivity index (χ0) is 12.3. The Morgan fingerprint density at radius 2 is 2.12 bits per heavy atom. The third-order valence-corrected chi connectivity index (χ3v) is 2.99. The van der Waals surface area contributed by atoms with Crippen LogP contribution in [0.4, 0.5) is 0 Å². The van der Waals surface area contributed by atoms with Crippen LogP contribution in [0.5, 0.6) is 0 Å². The fourth-order valence-electron chi connectivity index (χ4n) is 1.94. The molecule has 6 heteroatoms. The monoisotopic (exact) mass is 237 g/mol. The van der Waals surface area contributed by atoms with Gasteiger partial charge in [0, 0.05) is 39.6 Å². The SMILES string of the molecule is CCc1nc(CC(=O)N2CCNCC2)n(C)n1. The molecule has 2 rings (SSSR count). The molecule has 6 nitrogen and oxygen atoms in total. The van der Waals surface area contributed by atoms with Crippen LogP contribution in [0.3, 0.4) is 0 Å². The van der Waals surface area contributed by atoms with E-state index < -0.39 is 0 Å². The number of nitrogens with one attached hydrogen (secondary N) is 1. The smallest absolute Gasteiger partial charge is 0.230 e. The summed E-state index contributed by atoms with van der Waals surface area (Å²) in [6, 6.07) is 0. The molecule has 1 fully saturated rings. The number of nitrogens with zero attached hydrogens (tertiary/aromatic N) is 4. The van der Waals surface area contributed by atoms with Crippen LogP contribution in [-0.4, -0.2) is 51.8 Å². The molecular formula is C11H19N5O. The Morgan fingerprint density at radius 1 is 1.41 bits per heavy atom. The first-order chi connectivity index (χ1) is 8.20. The highest BCUT2D eigenvalue weighted by molar-refractivity contribution is 5.78. The predicted octanol–water partition coefficient (Wildman–Crippen LogP) is -0.648. The van der Waals surface area contributed by atoms with Crippen LogP contribution in [0, 0.1) is 0 Å². The number of piperazine rings is 1. The molecule has 1 amide bonds. The third-order valence-electron chi connectivity index (χ3n) is 2.99. The van der Waals surface area contributed by atoms with Gasteiger partial charge < -0.3 is 10.2 Å². The van der Waals surface area contributed by atoms with E-state index in [9.17, 15) is 4.79 Å². The summed E-state index contributed by atoms with van der Waals surface area (Å²) in [5, 5.41) is 7.48. The molecule has 0 unspecified atom stereocenters. The standard InChI is InChI=1S/C11H19N5O/c1-3-9-13-10(15(2)14-9)8-11(17)16-6-4-12-5-7-16/h12H,3-8H2,1-2H3. The minimum absolute atomic E-state index is 0.143. The fraction of sp³-hybridized carbons (Fsp3) is 0.727. The molecule has 1 aliphatic rings. The van der Waals surface area contributed by atoms with Gasteiger partial charge in [0.2, 0.25) is 5.91 Å². The topological polar surface area (TPSA) is 63.1 Å². The maximum absolute atomic E-state index is 12.0. The normalized spacial score (nSPS) is 16.2. The first kappa shape index (κ1) is 12.0. The summed E-state index contributed by atoms with van der Waals surface area (Å²) in [7, 11) is 1.84. The van der Waals surface area contributed by atoms with E-state index in [1.165, 1.54) is 0 Å². The Labute approximate surface area is 101 Å². The van der Waals surface area contributed by atoms with Crippen molar-refractivity contribution in [2.45, 2.75) is 19.8 Å². The van der Waals surface area contributed by atoms with Crippen LogP contribution in [0.2, 0.25) is 0 Å². The first-order valence-corrected chi connectivity index (χ1v) is 6.08. The summed E-state index contributed by atoms with van der Waals surface area (Å²) in [5.41, 5.74) is 0. The Bertz CT molecular complexity index is 395. The zero-order valence-corrected chi connectivity index (χ0v) is 10.4. The third kappa shape index (κ3) is 2.82. The van der Waals surface area contributed by atoms with Crippen molar-refractivity contribution < 1.29 is 4.79 Å². The van der Waals surface area contributed by atoms with E-state index in [-0.39, 0.29) is 5.91 Å². The second-order valence-corrected chi connectivity index (χ2v) is 4.23. The molecule has 0 aromatic carbocycles. The van der Waals surface area contributed by atoms with Crippen LogP contribution < -0.4 is 5.32 Å². The molecule has 94 valence electrons. The number of hydrogen-bond acceptors (Lipinski definition) is 4. The van der Waals surface area contributed by atoms with Gasteiger partial charge >= 0.3 is 0 Å². The average Bonchev–Trinajstić information content (AvgIpc) is 2.71. The lowest BCUT2D eigenvalue weighted by Crippen LogP contribution is -2.47. The molecule has 0 bridgehead atoms. The number of amides is 1. The van der Waals surface area contributed by atoms with Crippen molar-refractivity contribution in [1.82, 2.24) is 25.0 Å². The lowest BCUT2D eigenvalue weighted by atomic mass is 10.3. The summed E-state index contributed by atoms with van der Waals surface area (Å²) in [5.74, 6) is 1.70. The predicted molar refractivity (Wildman–Crippen MR) is 63.5 cm³/mol. The van der Waals surface area contributed by atoms with Crippen molar-refractivity contribution in [3.63, 3.8) is 0 Å². The summed E-state index contributed by atoms with van der Waals surface area (Å²) in [6.45, 7) is 5.35. The van der Waals surface area contributed by atoms with Crippen molar-refractivity contribution >= 4 is 5.91 Å². The number of hydrogen-bond donors (Lipinski definition) is 1. The van der Waals surface area contributed by atoms with E-state index >= 15 is 0 Å². The van der Waals surface area contributed by atoms with Gasteiger partial charge in [-0.25, -0.2) is 4.98 Å². The number of aryl methyl sites for hydroxylation is 2. The van der Waals surface area contributed by atoms with Crippen molar-refractivity contribution in [2.24, 2.45) is 7.05 Å². The highest BCUT2D eigenvalue weighted by Gasteiger charge is 2.18. The van der Waals surface area contributed by atoms with Crippen LogP contribution in [0.15, 0.2) is 0 Å². The maximum Gasteiger partial charge on any atom is 0.230 e. The van der Waals surface area contributed by atoms with E-state index in [1.807, 2.05) is 18.9 Å². The van der Waals surface area contributed by atoms with Crippen LogP contribution in [0.25, 0.3) is 0 Å². The van der Waals surface area contributed by atoms with Crippen molar-refractivity contribution in [3.8, 4) is 0 Å². The van der Waals surface area contributed by atoms with Gasteiger partial charge in [0.1, 0.15) is 5.82 Å². The quantitative estimate of drug-likeness (QED) is 0.759. The van der Waals surface area contributed by atoms with Crippen LogP contribution >= 0.6 is 0 Å². The first-order valence-electron chi connectivity index (χ1n) is 6.08. The van der Waals surface area contributed by atoms with Crippen molar-refractivity contribution in [2.75, 3.05) is 26.2 Å². The Morgan fingerprint density at radius 3 is 2.71 bits per heavy atom. The van der Waals surface area contributed by atoms with Gasteiger partial charge in [-0.3, -0.25) is 9.48 Å². The maximum atomic E-state index is 12.0. The lowest BCUT2D eigenvalue weighted by molar-refractivity contribution is -0.131. The Hall–Kier alpha value is -1.43. The van der Waals surface area contributed by atoms with Crippen molar-refractivity contribution in [1.29, 1.82) is 0 Å². The molecule has 1 saturated heterocycles. The van der Waals surface area contributed by atoms with Gasteiger partial charge in [0.15, 0.2) is 5.82 Å². The molecule has 0 atom stereocenters. The molecule has 1 N–H and O–H groups in total. The number of rotatable bonds is 3. The minimum Gasteiger partial charge on any atom is -0.340 e. The molecule has 0 aliphatic carbocycles. The fourth-order valence-corrected chi connectivity index (χ4v) is 1.94. The Kier molecular flexibility index (Phi) is 3.73. The van der Waals surface area contributed by atoms with Gasteiger partial charge in [-0.15, -0.1) is 0 Å². The minimum atomic E-state index is 0.143. The van der Waals surface area contributed by atoms with Crippen LogP contribution in [0.1, 0.15) is 18.6 Å². The lowest BCUT2D eigenvalue weighted by Gasteiger charge is -2.27. The van der Waals surface area contributed by atoms with Gasteiger partial charge in [0.25, 0.3) is 0 Å². The van der Waals surface area contributed by atoms with E-state index in [4.69, 9.17) is 0 Å². The van der Waals surface area contributed by atoms with Gasteiger partial charge in [0.05, 0.1) is 6.42 Å². The number of carbonyl (C=O) groups excluding carboxylic acids is 1. The summed E-state index contributed by atoms with van der Waals surface area (Å²) >= 11 is 0. The summed E-state index contributed by atoms with van der Waals surface area (Å²) < 4.78 is 1.71. The summed E-state index contributed by atoms with van der Waals surface area (Å²) in [6.07, 6.45) is 1.15. The van der Waals surface area contributed by atoms with E-state index in [1.54, 1.807) is 4.68 Å². The van der Waals surface area contributed by atoms with Gasteiger partial charge in [-0.2, -0.15) is 5.10 Å². The molecule has 0 saturated carbocycles. The highest BCUT2D eigenvalue weighted by atomic mass is 16.2. The largest absolute Gasteiger partial charge is 0.340 e. The summed E-state index contributed by atoms with van der Waals surface area (Å²) in [4.78, 5) is 18.3. The van der Waals surface area contributed by atoms with Gasteiger partial charge in [-0.1, -0.05) is 6.92 Å². The number of carbonyl (C=O) groups is 1. The van der Waals surface area contributed by atoms with Crippen molar-refractivity contribution in [3.05, 3.63) is 11.6 Å². The molecule has 1 aliphatic heterocycles. The molecule has 1 aromatic heterocycles. The molecule has 0 spiro atoms. The zero-order valence-electron chi connectivity index (χ0n) is 10.4. The second kappa shape index (κ2) is 5.27. The highest BCUT2D eigenvalue weighted by Crippen LogP contribution is 2.03. The number of aromatic nitrogens is 3. The molecule has 2 heterocycles. The van der Waals surface area contributed by atoms with E-state index in [0.29, 0.717) is 6.42 Å². The molecule has 0 radical (unpaired) electrons. The van der Waals surface area contributed by atoms with E-state index in [0.717, 1.165) is 44.2 Å². The van der Waals surface area contributed by atoms with Crippen LogP contribution in [-0.2, 0) is 24.7 Å². The van der Waals surface area contributed by atoms with E-state index in [2.05, 4.69) is 15.4 Å². The Balaban J connectivity index is 1.99. The average molecular weight is 237 g/mol. The van der Waals surface area contributed by atoms with Gasteiger partial charge in [-0.05, 0) is 0 Å². The second-order valence-electron chi connectivity index (χ2n) is 4.23.